The standard InChI is InChI=1S/C16H22N4O2S/c1-10(21)19-16(5,6)14-18-13(22-20-14)11-7-8-17-12(9-11)23-15(2,3)4/h7-9H,1-6H3,(H,19,21). The summed E-state index contributed by atoms with van der Waals surface area (Å²) in [5.74, 6) is 0.704. The van der Waals surface area contributed by atoms with Gasteiger partial charge in [-0.2, -0.15) is 4.98 Å². The summed E-state index contributed by atoms with van der Waals surface area (Å²) in [5, 5.41) is 7.69. The van der Waals surface area contributed by atoms with E-state index in [0.717, 1.165) is 10.6 Å². The average Bonchev–Trinajstić information content (AvgIpc) is 2.85. The summed E-state index contributed by atoms with van der Waals surface area (Å²) in [5.41, 5.74) is 0.119. The van der Waals surface area contributed by atoms with Gasteiger partial charge in [0.25, 0.3) is 5.89 Å². The van der Waals surface area contributed by atoms with Crippen molar-refractivity contribution in [3.63, 3.8) is 0 Å². The van der Waals surface area contributed by atoms with Crippen molar-refractivity contribution in [2.75, 3.05) is 0 Å². The highest BCUT2D eigenvalue weighted by Gasteiger charge is 2.28. The first-order valence-electron chi connectivity index (χ1n) is 7.35. The molecule has 0 unspecified atom stereocenters. The van der Waals surface area contributed by atoms with Crippen molar-refractivity contribution in [2.45, 2.75) is 56.9 Å². The summed E-state index contributed by atoms with van der Waals surface area (Å²) >= 11 is 1.67. The van der Waals surface area contributed by atoms with Crippen LogP contribution >= 0.6 is 11.8 Å². The Balaban J connectivity index is 2.27. The van der Waals surface area contributed by atoms with E-state index in [1.165, 1.54) is 6.92 Å². The third-order valence-corrected chi connectivity index (χ3v) is 3.91. The van der Waals surface area contributed by atoms with Crippen molar-refractivity contribution in [1.29, 1.82) is 0 Å². The van der Waals surface area contributed by atoms with Crippen LogP contribution in [0.1, 0.15) is 47.4 Å². The van der Waals surface area contributed by atoms with E-state index in [-0.39, 0.29) is 10.7 Å². The molecule has 0 bridgehead atoms. The number of pyridine rings is 1. The minimum atomic E-state index is -0.691. The number of rotatable bonds is 4. The Kier molecular flexibility index (Phi) is 4.79. The van der Waals surface area contributed by atoms with Crippen LogP contribution in [0.4, 0.5) is 0 Å². The average molecular weight is 334 g/mol. The van der Waals surface area contributed by atoms with E-state index >= 15 is 0 Å². The normalized spacial score (nSPS) is 12.3. The summed E-state index contributed by atoms with van der Waals surface area (Å²) in [4.78, 5) is 20.1. The molecule has 0 fully saturated rings. The molecule has 2 aromatic heterocycles. The second-order valence-electron chi connectivity index (χ2n) is 6.83. The number of thioether (sulfide) groups is 1. The van der Waals surface area contributed by atoms with E-state index in [1.54, 1.807) is 18.0 Å². The molecule has 2 heterocycles. The number of hydrogen-bond donors (Lipinski definition) is 1. The van der Waals surface area contributed by atoms with Gasteiger partial charge < -0.3 is 9.84 Å². The Morgan fingerprint density at radius 1 is 1.26 bits per heavy atom. The van der Waals surface area contributed by atoms with Gasteiger partial charge in [0.1, 0.15) is 0 Å². The molecule has 23 heavy (non-hydrogen) atoms. The highest BCUT2D eigenvalue weighted by atomic mass is 32.2. The van der Waals surface area contributed by atoms with Crippen LogP contribution in [0.2, 0.25) is 0 Å². The second-order valence-corrected chi connectivity index (χ2v) is 8.67. The topological polar surface area (TPSA) is 80.9 Å². The molecule has 0 saturated heterocycles. The summed E-state index contributed by atoms with van der Waals surface area (Å²) in [7, 11) is 0. The van der Waals surface area contributed by atoms with Crippen LogP contribution in [0.15, 0.2) is 27.9 Å². The Hall–Kier alpha value is -1.89. The van der Waals surface area contributed by atoms with E-state index in [9.17, 15) is 4.79 Å². The lowest BCUT2D eigenvalue weighted by Gasteiger charge is -2.20. The van der Waals surface area contributed by atoms with Crippen molar-refractivity contribution in [1.82, 2.24) is 20.4 Å². The van der Waals surface area contributed by atoms with Crippen molar-refractivity contribution in [2.24, 2.45) is 0 Å². The van der Waals surface area contributed by atoms with E-state index in [0.29, 0.717) is 11.7 Å². The molecule has 0 aliphatic carbocycles. The number of hydrogen-bond acceptors (Lipinski definition) is 6. The van der Waals surface area contributed by atoms with Gasteiger partial charge in [-0.15, -0.1) is 11.8 Å². The van der Waals surface area contributed by atoms with Gasteiger partial charge in [-0.25, -0.2) is 4.98 Å². The van der Waals surface area contributed by atoms with Gasteiger partial charge in [-0.05, 0) is 26.0 Å². The van der Waals surface area contributed by atoms with Crippen LogP contribution in [0.5, 0.6) is 0 Å². The molecule has 0 saturated carbocycles. The first kappa shape index (κ1) is 17.5. The molecule has 0 atom stereocenters. The molecule has 2 aromatic rings. The highest BCUT2D eigenvalue weighted by molar-refractivity contribution is 8.00. The fourth-order valence-electron chi connectivity index (χ4n) is 2.00. The molecule has 0 radical (unpaired) electrons. The molecule has 0 aliphatic rings. The first-order chi connectivity index (χ1) is 10.6. The van der Waals surface area contributed by atoms with Gasteiger partial charge in [0, 0.05) is 23.4 Å². The van der Waals surface area contributed by atoms with E-state index in [4.69, 9.17) is 4.52 Å². The maximum atomic E-state index is 11.3. The first-order valence-corrected chi connectivity index (χ1v) is 8.17. The van der Waals surface area contributed by atoms with Crippen LogP contribution in [0.25, 0.3) is 11.5 Å². The summed E-state index contributed by atoms with van der Waals surface area (Å²) < 4.78 is 5.42. The molecule has 2 rings (SSSR count). The van der Waals surface area contributed by atoms with Crippen molar-refractivity contribution >= 4 is 17.7 Å². The lowest BCUT2D eigenvalue weighted by atomic mass is 10.1. The quantitative estimate of drug-likeness (QED) is 0.863. The van der Waals surface area contributed by atoms with E-state index in [1.807, 2.05) is 26.0 Å². The Morgan fingerprint density at radius 2 is 1.96 bits per heavy atom. The smallest absolute Gasteiger partial charge is 0.258 e. The van der Waals surface area contributed by atoms with Crippen LogP contribution < -0.4 is 5.32 Å². The van der Waals surface area contributed by atoms with Crippen LogP contribution in [-0.2, 0) is 10.3 Å². The summed E-state index contributed by atoms with van der Waals surface area (Å²) in [6, 6.07) is 3.76. The maximum Gasteiger partial charge on any atom is 0.258 e. The predicted octanol–water partition coefficient (Wildman–Crippen LogP) is 3.39. The third kappa shape index (κ3) is 4.79. The monoisotopic (exact) mass is 334 g/mol. The largest absolute Gasteiger partial charge is 0.344 e. The van der Waals surface area contributed by atoms with Gasteiger partial charge in [0.15, 0.2) is 5.82 Å². The van der Waals surface area contributed by atoms with Gasteiger partial charge >= 0.3 is 0 Å². The predicted molar refractivity (Wildman–Crippen MR) is 90.0 cm³/mol. The van der Waals surface area contributed by atoms with E-state index in [2.05, 4.69) is 41.2 Å². The Labute approximate surface area is 140 Å². The van der Waals surface area contributed by atoms with Crippen LogP contribution in [0.3, 0.4) is 0 Å². The molecule has 6 nitrogen and oxygen atoms in total. The fraction of sp³-hybridized carbons (Fsp3) is 0.500. The Morgan fingerprint density at radius 3 is 2.57 bits per heavy atom. The molecular weight excluding hydrogens is 312 g/mol. The number of aromatic nitrogens is 3. The van der Waals surface area contributed by atoms with Crippen molar-refractivity contribution < 1.29 is 9.32 Å². The molecule has 1 amide bonds. The van der Waals surface area contributed by atoms with Gasteiger partial charge in [0.2, 0.25) is 5.91 Å². The van der Waals surface area contributed by atoms with Gasteiger partial charge in [-0.3, -0.25) is 4.79 Å². The third-order valence-electron chi connectivity index (χ3n) is 2.87. The number of nitrogens with zero attached hydrogens (tertiary/aromatic N) is 3. The zero-order chi connectivity index (χ0) is 17.3. The van der Waals surface area contributed by atoms with E-state index < -0.39 is 5.54 Å². The number of amides is 1. The lowest BCUT2D eigenvalue weighted by Crippen LogP contribution is -2.40. The molecule has 124 valence electrons. The number of carbonyl (C=O) groups excluding carboxylic acids is 1. The molecule has 7 heteroatoms. The maximum absolute atomic E-state index is 11.3. The molecule has 0 aromatic carbocycles. The fourth-order valence-corrected chi connectivity index (χ4v) is 2.93. The molecule has 0 spiro atoms. The lowest BCUT2D eigenvalue weighted by molar-refractivity contribution is -0.120. The number of nitrogens with one attached hydrogen (secondary N) is 1. The minimum Gasteiger partial charge on any atom is -0.344 e. The second kappa shape index (κ2) is 6.31. The zero-order valence-corrected chi connectivity index (χ0v) is 15.1. The van der Waals surface area contributed by atoms with Crippen molar-refractivity contribution in [3.05, 3.63) is 24.2 Å². The summed E-state index contributed by atoms with van der Waals surface area (Å²) in [6.07, 6.45) is 1.73. The van der Waals surface area contributed by atoms with Crippen LogP contribution in [-0.4, -0.2) is 25.8 Å². The van der Waals surface area contributed by atoms with Gasteiger partial charge in [-0.1, -0.05) is 25.9 Å². The van der Waals surface area contributed by atoms with Gasteiger partial charge in [0.05, 0.1) is 10.6 Å². The zero-order valence-electron chi connectivity index (χ0n) is 14.3. The molecular formula is C16H22N4O2S. The number of carbonyl (C=O) groups is 1. The highest BCUT2D eigenvalue weighted by Crippen LogP contribution is 2.32. The van der Waals surface area contributed by atoms with Crippen molar-refractivity contribution in [3.8, 4) is 11.5 Å². The van der Waals surface area contributed by atoms with Crippen LogP contribution in [0, 0.1) is 0 Å². The SMILES string of the molecule is CC(=O)NC(C)(C)c1noc(-c2ccnc(SC(C)(C)C)c2)n1. The molecule has 1 N–H and O–H groups in total. The minimum absolute atomic E-state index is 0.0685. The molecule has 0 aliphatic heterocycles. The Bertz CT molecular complexity index is 704. The summed E-state index contributed by atoms with van der Waals surface area (Å²) in [6.45, 7) is 11.5.